The van der Waals surface area contributed by atoms with Crippen molar-refractivity contribution in [3.8, 4) is 0 Å². The summed E-state index contributed by atoms with van der Waals surface area (Å²) in [6.45, 7) is 3.13. The summed E-state index contributed by atoms with van der Waals surface area (Å²) < 4.78 is 0. The Bertz CT molecular complexity index is 963. The van der Waals surface area contributed by atoms with E-state index in [4.69, 9.17) is 11.6 Å². The normalized spacial score (nSPS) is 16.5. The number of H-pyrrole nitrogens is 1. The third-order valence-electron chi connectivity index (χ3n) is 5.06. The molecule has 134 valence electrons. The molecule has 1 aliphatic carbocycles. The quantitative estimate of drug-likeness (QED) is 0.634. The second-order valence-electron chi connectivity index (χ2n) is 6.77. The topological polar surface area (TPSA) is 56.9 Å². The Labute approximate surface area is 157 Å². The average Bonchev–Trinajstić information content (AvgIpc) is 3.00. The Hall–Kier alpha value is -2.30. The molecule has 0 radical (unpaired) electrons. The highest BCUT2D eigenvalue weighted by Crippen LogP contribution is 2.31. The number of rotatable bonds is 4. The minimum atomic E-state index is -0.190. The first kappa shape index (κ1) is 17.1. The van der Waals surface area contributed by atoms with Crippen LogP contribution in [0.3, 0.4) is 0 Å². The lowest BCUT2D eigenvalue weighted by Crippen LogP contribution is -2.34. The largest absolute Gasteiger partial charge is 0.358 e. The summed E-state index contributed by atoms with van der Waals surface area (Å²) in [6.07, 6.45) is 3.23. The zero-order valence-electron chi connectivity index (χ0n) is 14.7. The minimum Gasteiger partial charge on any atom is -0.358 e. The van der Waals surface area contributed by atoms with Gasteiger partial charge < -0.3 is 15.6 Å². The lowest BCUT2D eigenvalue weighted by atomic mass is 9.91. The number of carbonyl (C=O) groups excluding carboxylic acids is 1. The molecular weight excluding hydrogens is 346 g/mol. The third-order valence-corrected chi connectivity index (χ3v) is 5.39. The van der Waals surface area contributed by atoms with Crippen molar-refractivity contribution in [2.75, 3.05) is 11.9 Å². The molecule has 4 nitrogen and oxygen atoms in total. The summed E-state index contributed by atoms with van der Waals surface area (Å²) in [5.41, 5.74) is 5.09. The van der Waals surface area contributed by atoms with Gasteiger partial charge in [-0.25, -0.2) is 0 Å². The van der Waals surface area contributed by atoms with E-state index in [1.807, 2.05) is 24.3 Å². The fourth-order valence-electron chi connectivity index (χ4n) is 3.80. The first-order chi connectivity index (χ1) is 12.7. The van der Waals surface area contributed by atoms with Crippen molar-refractivity contribution in [2.45, 2.75) is 32.2 Å². The van der Waals surface area contributed by atoms with Crippen molar-refractivity contribution in [1.29, 1.82) is 0 Å². The molecule has 0 spiro atoms. The van der Waals surface area contributed by atoms with Crippen molar-refractivity contribution in [3.63, 3.8) is 0 Å². The van der Waals surface area contributed by atoms with Crippen LogP contribution in [-0.2, 0) is 12.8 Å². The maximum atomic E-state index is 12.5. The van der Waals surface area contributed by atoms with Gasteiger partial charge in [-0.1, -0.05) is 30.7 Å². The van der Waals surface area contributed by atoms with Gasteiger partial charge in [0, 0.05) is 28.3 Å². The van der Waals surface area contributed by atoms with Crippen molar-refractivity contribution in [1.82, 2.24) is 10.3 Å². The van der Waals surface area contributed by atoms with E-state index in [0.29, 0.717) is 16.6 Å². The Morgan fingerprint density at radius 1 is 1.27 bits per heavy atom. The molecule has 3 N–H and O–H groups in total. The number of hydrogen-bond donors (Lipinski definition) is 3. The molecule has 4 rings (SSSR count). The van der Waals surface area contributed by atoms with Crippen molar-refractivity contribution in [3.05, 3.63) is 64.3 Å². The van der Waals surface area contributed by atoms with Gasteiger partial charge in [0.15, 0.2) is 0 Å². The van der Waals surface area contributed by atoms with Gasteiger partial charge in [-0.2, -0.15) is 0 Å². The van der Waals surface area contributed by atoms with Gasteiger partial charge in [0.05, 0.1) is 10.6 Å². The van der Waals surface area contributed by atoms with Gasteiger partial charge in [0.25, 0.3) is 5.91 Å². The molecule has 1 atom stereocenters. The lowest BCUT2D eigenvalue weighted by molar-refractivity contribution is 0.102. The summed E-state index contributed by atoms with van der Waals surface area (Å²) in [6, 6.07) is 13.6. The minimum absolute atomic E-state index is 0.190. The van der Waals surface area contributed by atoms with E-state index in [-0.39, 0.29) is 5.91 Å². The molecule has 1 aliphatic rings. The number of benzene rings is 2. The summed E-state index contributed by atoms with van der Waals surface area (Å²) in [5.74, 6) is -0.190. The summed E-state index contributed by atoms with van der Waals surface area (Å²) in [7, 11) is 0. The number of aromatic nitrogens is 1. The fourth-order valence-corrected chi connectivity index (χ4v) is 4.02. The van der Waals surface area contributed by atoms with Crippen molar-refractivity contribution < 1.29 is 4.79 Å². The molecule has 1 amide bonds. The van der Waals surface area contributed by atoms with Gasteiger partial charge >= 0.3 is 0 Å². The predicted octanol–water partition coefficient (Wildman–Crippen LogP) is 4.54. The first-order valence-electron chi connectivity index (χ1n) is 9.08. The molecule has 0 aliphatic heterocycles. The van der Waals surface area contributed by atoms with E-state index in [1.165, 1.54) is 16.6 Å². The molecule has 0 saturated heterocycles. The maximum Gasteiger partial charge on any atom is 0.257 e. The molecule has 1 aromatic heterocycles. The molecule has 1 heterocycles. The van der Waals surface area contributed by atoms with Crippen LogP contribution < -0.4 is 10.6 Å². The van der Waals surface area contributed by atoms with Crippen molar-refractivity contribution in [2.24, 2.45) is 0 Å². The number of anilines is 1. The van der Waals surface area contributed by atoms with E-state index in [0.717, 1.165) is 37.0 Å². The number of aromatic amines is 1. The third kappa shape index (κ3) is 3.22. The SMILES string of the molecule is CCNC1CCc2[nH]c3ccc(NC(=O)c4ccccc4Cl)cc3c2C1. The molecule has 1 unspecified atom stereocenters. The maximum absolute atomic E-state index is 12.5. The number of carbonyl (C=O) groups is 1. The lowest BCUT2D eigenvalue weighted by Gasteiger charge is -2.23. The van der Waals surface area contributed by atoms with Gasteiger partial charge in [-0.3, -0.25) is 4.79 Å². The van der Waals surface area contributed by atoms with Gasteiger partial charge in [-0.15, -0.1) is 0 Å². The van der Waals surface area contributed by atoms with E-state index in [9.17, 15) is 4.79 Å². The highest BCUT2D eigenvalue weighted by Gasteiger charge is 2.22. The van der Waals surface area contributed by atoms with Crippen LogP contribution in [0, 0.1) is 0 Å². The van der Waals surface area contributed by atoms with Crippen molar-refractivity contribution >= 4 is 34.1 Å². The molecule has 0 bridgehead atoms. The summed E-state index contributed by atoms with van der Waals surface area (Å²) in [4.78, 5) is 16.1. The second kappa shape index (κ2) is 7.14. The summed E-state index contributed by atoms with van der Waals surface area (Å²) in [5, 5.41) is 8.18. The van der Waals surface area contributed by atoms with Crippen LogP contribution in [-0.4, -0.2) is 23.5 Å². The highest BCUT2D eigenvalue weighted by atomic mass is 35.5. The second-order valence-corrected chi connectivity index (χ2v) is 7.18. The number of fused-ring (bicyclic) bond motifs is 3. The Morgan fingerprint density at radius 3 is 2.92 bits per heavy atom. The Morgan fingerprint density at radius 2 is 2.12 bits per heavy atom. The summed E-state index contributed by atoms with van der Waals surface area (Å²) >= 11 is 6.13. The Balaban J connectivity index is 1.63. The average molecular weight is 368 g/mol. The monoisotopic (exact) mass is 367 g/mol. The number of hydrogen-bond acceptors (Lipinski definition) is 2. The van der Waals surface area contributed by atoms with Crippen LogP contribution in [0.4, 0.5) is 5.69 Å². The fraction of sp³-hybridized carbons (Fsp3) is 0.286. The van der Waals surface area contributed by atoms with E-state index < -0.39 is 0 Å². The molecular formula is C21H22ClN3O. The Kier molecular flexibility index (Phi) is 4.70. The standard InChI is InChI=1S/C21H22ClN3O/c1-2-23-13-7-9-19-16(11-13)17-12-14(8-10-20(17)25-19)24-21(26)15-5-3-4-6-18(15)22/h3-6,8,10,12-13,23,25H,2,7,9,11H2,1H3,(H,24,26). The van der Waals surface area contributed by atoms with E-state index in [2.05, 4.69) is 28.6 Å². The van der Waals surface area contributed by atoms with E-state index in [1.54, 1.807) is 12.1 Å². The zero-order chi connectivity index (χ0) is 18.1. The molecule has 0 saturated carbocycles. The molecule has 0 fully saturated rings. The van der Waals surface area contributed by atoms with Crippen LogP contribution in [0.1, 0.15) is 35.0 Å². The number of likely N-dealkylation sites (N-methyl/N-ethyl adjacent to an activating group) is 1. The van der Waals surface area contributed by atoms with Gasteiger partial charge in [0.2, 0.25) is 0 Å². The predicted molar refractivity (Wildman–Crippen MR) is 107 cm³/mol. The molecule has 2 aromatic carbocycles. The van der Waals surface area contributed by atoms with E-state index >= 15 is 0 Å². The number of amides is 1. The number of aryl methyl sites for hydroxylation is 1. The van der Waals surface area contributed by atoms with Gasteiger partial charge in [-0.05, 0) is 61.7 Å². The smallest absolute Gasteiger partial charge is 0.257 e. The van der Waals surface area contributed by atoms with Crippen LogP contribution in [0.2, 0.25) is 5.02 Å². The molecule has 26 heavy (non-hydrogen) atoms. The highest BCUT2D eigenvalue weighted by molar-refractivity contribution is 6.34. The zero-order valence-corrected chi connectivity index (χ0v) is 15.5. The number of halogens is 1. The molecule has 5 heteroatoms. The molecule has 3 aromatic rings. The van der Waals surface area contributed by atoms with Crippen LogP contribution in [0.25, 0.3) is 10.9 Å². The first-order valence-corrected chi connectivity index (χ1v) is 9.46. The van der Waals surface area contributed by atoms with Crippen LogP contribution >= 0.6 is 11.6 Å². The van der Waals surface area contributed by atoms with Gasteiger partial charge in [0.1, 0.15) is 0 Å². The van der Waals surface area contributed by atoms with Crippen LogP contribution in [0.15, 0.2) is 42.5 Å². The number of nitrogens with one attached hydrogen (secondary N) is 3. The van der Waals surface area contributed by atoms with Crippen LogP contribution in [0.5, 0.6) is 0 Å².